The molecule has 10 aliphatic heterocycles. The molecule has 0 amide bonds. The summed E-state index contributed by atoms with van der Waals surface area (Å²) in [5.74, 6) is -0.350. The van der Waals surface area contributed by atoms with Crippen LogP contribution in [0.5, 0.6) is 5.75 Å². The minimum atomic E-state index is -2.30. The highest BCUT2D eigenvalue weighted by Crippen LogP contribution is 2.42. The van der Waals surface area contributed by atoms with Crippen LogP contribution in [0.3, 0.4) is 0 Å². The smallest absolute Gasteiger partial charge is 0.229 e. The first-order chi connectivity index (χ1) is 56.1. The molecule has 0 saturated carbocycles. The van der Waals surface area contributed by atoms with E-state index in [0.717, 1.165) is 12.7 Å². The Morgan fingerprint density at radius 3 is 0.729 bits per heavy atom. The summed E-state index contributed by atoms with van der Waals surface area (Å²) in [6.07, 6.45) is -86.1. The summed E-state index contributed by atoms with van der Waals surface area (Å²) in [6, 6.07) is 6.07. The van der Waals surface area contributed by atoms with Crippen molar-refractivity contribution in [2.75, 3.05) is 73.7 Å². The molecule has 1 aromatic rings. The summed E-state index contributed by atoms with van der Waals surface area (Å²) >= 11 is 0. The fraction of sp³-hybridized carbons (Fsp3) is 0.884. The van der Waals surface area contributed by atoms with Gasteiger partial charge in [-0.25, -0.2) is 0 Å². The maximum Gasteiger partial charge on any atom is 0.229 e. The van der Waals surface area contributed by atoms with Crippen LogP contribution >= 0.6 is 0 Å². The Hall–Kier alpha value is -3.64. The number of rotatable bonds is 31. The van der Waals surface area contributed by atoms with Crippen molar-refractivity contribution in [1.29, 1.82) is 0 Å². The van der Waals surface area contributed by atoms with Crippen molar-refractivity contribution in [3.05, 3.63) is 41.5 Å². The van der Waals surface area contributed by atoms with Gasteiger partial charge in [-0.15, -0.1) is 0 Å². The monoisotopic (exact) mass is 1720 g/mol. The fourth-order valence-corrected chi connectivity index (χ4v) is 15.8. The summed E-state index contributed by atoms with van der Waals surface area (Å²) in [5, 5.41) is 310. The molecule has 1 aromatic carbocycles. The van der Waals surface area contributed by atoms with Crippen LogP contribution in [0.2, 0.25) is 0 Å². The van der Waals surface area contributed by atoms with Gasteiger partial charge in [-0.1, -0.05) is 26.0 Å². The number of aliphatic hydroxyl groups is 28. The van der Waals surface area contributed by atoms with Gasteiger partial charge in [0.1, 0.15) is 225 Å². The van der Waals surface area contributed by atoms with Crippen LogP contribution in [0.15, 0.2) is 35.9 Å². The van der Waals surface area contributed by atoms with E-state index in [0.29, 0.717) is 6.42 Å². The summed E-state index contributed by atoms with van der Waals surface area (Å²) in [4.78, 5) is 0. The van der Waals surface area contributed by atoms with Crippen LogP contribution in [0, 0.1) is 5.41 Å². The molecule has 11 rings (SSSR count). The molecular weight excluding hydrogens is 1610 g/mol. The van der Waals surface area contributed by atoms with Crippen LogP contribution in [0.1, 0.15) is 19.4 Å². The molecule has 9 saturated heterocycles. The Bertz CT molecular complexity index is 3260. The Morgan fingerprint density at radius 2 is 0.492 bits per heavy atom. The normalized spacial score (nSPS) is 49.0. The molecule has 118 heavy (non-hydrogen) atoms. The quantitative estimate of drug-likeness (QED) is 0.0328. The Labute approximate surface area is 670 Å². The second-order valence-electron chi connectivity index (χ2n) is 30.7. The van der Waals surface area contributed by atoms with Crippen molar-refractivity contribution in [2.24, 2.45) is 5.41 Å². The standard InChI is InChI=1S/C69H111NO48/c1-69(2)30(70-59(98)58(69)97)9-19-5-7-20(8-6-19)101-60-40(89)32(81)55(28(17-78)103-60)118-68-57(100-4)47(96)56(29(18-79)110-68)117-67-46(95)38(87)54(27(16-77)109-67)116-66-45(94)37(86)53(26(15-76)108-66)115-65-44(93)36(85)52(25(14-75)107-65)114-64-43(92)35(84)51(24(13-74)106-64)113-63-42(91)34(83)50(23(12-73)105-63)112-62-41(90)33(82)49(22(11-72)104-62)111-61-39(88)31(80)48(99-3)21(10-71)102-61/h5-8,21-57,60-68,70-98H,9-18H2,1-4H3. The van der Waals surface area contributed by atoms with Crippen LogP contribution in [-0.4, -0.2) is 499 Å². The number of hydrogen-bond acceptors (Lipinski definition) is 49. The Balaban J connectivity index is 0.653. The SMILES string of the molecule is COC1C(CO)OC(OC2C(CO)OC(OC3C(CO)OC(OC4C(CO)OC(OC5C(CO)OC(OC6C(CO)OC(OC7C(CO)OC(OC8C(CO)OC(OC9C(CO)OC(Oc%10ccc(CC%11NC(O)=C(O)C%11(C)C)cc%10)C(O)C9O)C(OC)C8O)C(O)C7O)C(O)C6O)C(O)C5O)C(O)C4O)C(O)C3O)C(O)C2O)C(O)C1O. The van der Waals surface area contributed by atoms with Gasteiger partial charge < -0.3 is 243 Å². The van der Waals surface area contributed by atoms with Crippen LogP contribution < -0.4 is 10.1 Å². The number of ether oxygens (including phenoxy) is 20. The van der Waals surface area contributed by atoms with Gasteiger partial charge in [0.25, 0.3) is 0 Å². The van der Waals surface area contributed by atoms with Crippen LogP contribution in [0.25, 0.3) is 0 Å². The molecule has 680 valence electrons. The van der Waals surface area contributed by atoms with Crippen LogP contribution in [-0.2, 0) is 96.4 Å². The second kappa shape index (κ2) is 40.8. The van der Waals surface area contributed by atoms with Gasteiger partial charge in [-0.2, -0.15) is 0 Å². The second-order valence-corrected chi connectivity index (χ2v) is 30.7. The van der Waals surface area contributed by atoms with E-state index in [2.05, 4.69) is 5.32 Å². The van der Waals surface area contributed by atoms with Gasteiger partial charge in [0.2, 0.25) is 12.2 Å². The van der Waals surface area contributed by atoms with Crippen molar-refractivity contribution in [3.63, 3.8) is 0 Å². The van der Waals surface area contributed by atoms with Crippen molar-refractivity contribution in [2.45, 2.75) is 303 Å². The van der Waals surface area contributed by atoms with E-state index in [4.69, 9.17) is 94.7 Å². The molecule has 0 aromatic heterocycles. The van der Waals surface area contributed by atoms with E-state index in [1.54, 1.807) is 26.0 Å². The first-order valence-corrected chi connectivity index (χ1v) is 38.0. The largest absolute Gasteiger partial charge is 0.506 e. The van der Waals surface area contributed by atoms with Gasteiger partial charge in [0, 0.05) is 25.7 Å². The first-order valence-electron chi connectivity index (χ1n) is 38.0. The van der Waals surface area contributed by atoms with E-state index in [1.807, 2.05) is 0 Å². The van der Waals surface area contributed by atoms with Gasteiger partial charge in [0.05, 0.1) is 59.5 Å². The Kier molecular flexibility index (Phi) is 32.8. The minimum Gasteiger partial charge on any atom is -0.506 e. The molecule has 46 atom stereocenters. The van der Waals surface area contributed by atoms with Gasteiger partial charge in [-0.05, 0) is 24.1 Å². The molecule has 0 spiro atoms. The third kappa shape index (κ3) is 19.3. The number of methoxy groups -OCH3 is 2. The lowest BCUT2D eigenvalue weighted by atomic mass is 9.82. The topological polar surface area (TPSA) is 763 Å². The van der Waals surface area contributed by atoms with Crippen molar-refractivity contribution in [3.8, 4) is 5.75 Å². The highest BCUT2D eigenvalue weighted by Gasteiger charge is 2.61. The average molecular weight is 1720 g/mol. The molecule has 49 nitrogen and oxygen atoms in total. The average Bonchev–Trinajstić information content (AvgIpc) is 1.02. The molecule has 0 radical (unpaired) electrons. The summed E-state index contributed by atoms with van der Waals surface area (Å²) in [7, 11) is 2.26. The van der Waals surface area contributed by atoms with Gasteiger partial charge in [0.15, 0.2) is 56.1 Å². The fourth-order valence-electron chi connectivity index (χ4n) is 15.8. The maximum atomic E-state index is 11.8. The third-order valence-electron chi connectivity index (χ3n) is 22.9. The van der Waals surface area contributed by atoms with Crippen molar-refractivity contribution < 1.29 is 238 Å². The lowest BCUT2D eigenvalue weighted by Crippen LogP contribution is -2.68. The highest BCUT2D eigenvalue weighted by atomic mass is 16.8. The number of aliphatic hydroxyl groups excluding tert-OH is 28. The third-order valence-corrected chi connectivity index (χ3v) is 22.9. The number of hydrogen-bond donors (Lipinski definition) is 29. The molecule has 0 bridgehead atoms. The van der Waals surface area contributed by atoms with Crippen molar-refractivity contribution >= 4 is 0 Å². The number of nitrogens with one attached hydrogen (secondary N) is 1. The van der Waals surface area contributed by atoms with Gasteiger partial charge >= 0.3 is 0 Å². The highest BCUT2D eigenvalue weighted by molar-refractivity contribution is 5.30. The van der Waals surface area contributed by atoms with E-state index in [1.165, 1.54) is 19.2 Å². The van der Waals surface area contributed by atoms with Gasteiger partial charge in [-0.3, -0.25) is 0 Å². The Morgan fingerprint density at radius 1 is 0.280 bits per heavy atom. The predicted molar refractivity (Wildman–Crippen MR) is 368 cm³/mol. The summed E-state index contributed by atoms with van der Waals surface area (Å²) < 4.78 is 114. The van der Waals surface area contributed by atoms with Crippen LogP contribution in [0.4, 0.5) is 0 Å². The molecule has 10 heterocycles. The first kappa shape index (κ1) is 95.0. The molecule has 46 unspecified atom stereocenters. The molecule has 10 aliphatic rings. The zero-order valence-corrected chi connectivity index (χ0v) is 63.6. The van der Waals surface area contributed by atoms with Crippen molar-refractivity contribution in [1.82, 2.24) is 5.32 Å². The van der Waals surface area contributed by atoms with E-state index >= 15 is 0 Å². The van der Waals surface area contributed by atoms with E-state index in [9.17, 15) is 143 Å². The minimum absolute atomic E-state index is 0.163. The molecule has 9 fully saturated rings. The zero-order chi connectivity index (χ0) is 86.1. The van der Waals surface area contributed by atoms with E-state index in [-0.39, 0.29) is 23.4 Å². The predicted octanol–water partition coefficient (Wildman–Crippen LogP) is -16.4. The van der Waals surface area contributed by atoms with E-state index < -0.39 is 341 Å². The number of benzene rings is 1. The molecule has 49 heteroatoms. The molecule has 29 N–H and O–H groups in total. The lowest BCUT2D eigenvalue weighted by Gasteiger charge is -2.50. The maximum absolute atomic E-state index is 11.8. The molecular formula is C69H111NO48. The summed E-state index contributed by atoms with van der Waals surface area (Å²) in [6.45, 7) is -5.52. The lowest BCUT2D eigenvalue weighted by molar-refractivity contribution is -0.400. The summed E-state index contributed by atoms with van der Waals surface area (Å²) in [5.41, 5.74) is -0.0260. The molecule has 0 aliphatic carbocycles. The zero-order valence-electron chi connectivity index (χ0n) is 63.6.